The maximum absolute atomic E-state index is 10.4. The first kappa shape index (κ1) is 18.5. The van der Waals surface area contributed by atoms with Crippen molar-refractivity contribution in [2.45, 2.75) is 32.9 Å². The van der Waals surface area contributed by atoms with Crippen molar-refractivity contribution in [2.75, 3.05) is 6.54 Å². The standard InChI is InChI=1S/C22H24N4OS/c1-4-25-21(20(24-22(25)28)17-9-7-8-12-23-17)16-13-14(2)26(15(16)3)18-10-5-6-11-19(18)27/h5-13,20-21,27H,4H2,1-3H3,(H,24,28)/t20-,21-/m0/s1. The molecule has 0 amide bonds. The van der Waals surface area contributed by atoms with E-state index in [1.54, 1.807) is 6.07 Å². The molecule has 2 N–H and O–H groups in total. The van der Waals surface area contributed by atoms with Crippen LogP contribution in [0, 0.1) is 13.8 Å². The van der Waals surface area contributed by atoms with Gasteiger partial charge in [0, 0.05) is 24.1 Å². The van der Waals surface area contributed by atoms with E-state index in [0.29, 0.717) is 0 Å². The van der Waals surface area contributed by atoms with E-state index in [9.17, 15) is 5.11 Å². The predicted molar refractivity (Wildman–Crippen MR) is 115 cm³/mol. The Morgan fingerprint density at radius 3 is 2.57 bits per heavy atom. The van der Waals surface area contributed by atoms with E-state index in [4.69, 9.17) is 12.2 Å². The number of para-hydroxylation sites is 2. The van der Waals surface area contributed by atoms with E-state index >= 15 is 0 Å². The van der Waals surface area contributed by atoms with Crippen LogP contribution in [-0.4, -0.2) is 31.2 Å². The molecule has 2 atom stereocenters. The van der Waals surface area contributed by atoms with Gasteiger partial charge < -0.3 is 19.9 Å². The summed E-state index contributed by atoms with van der Waals surface area (Å²) in [6, 6.07) is 15.6. The average molecular weight is 393 g/mol. The van der Waals surface area contributed by atoms with Crippen molar-refractivity contribution in [3.63, 3.8) is 0 Å². The summed E-state index contributed by atoms with van der Waals surface area (Å²) in [6.07, 6.45) is 1.82. The lowest BCUT2D eigenvalue weighted by Gasteiger charge is -2.27. The first-order valence-electron chi connectivity index (χ1n) is 9.48. The largest absolute Gasteiger partial charge is 0.506 e. The number of hydrogen-bond donors (Lipinski definition) is 2. The van der Waals surface area contributed by atoms with Gasteiger partial charge >= 0.3 is 0 Å². The van der Waals surface area contributed by atoms with Crippen LogP contribution in [0.15, 0.2) is 54.7 Å². The summed E-state index contributed by atoms with van der Waals surface area (Å²) >= 11 is 5.63. The Kier molecular flexibility index (Phi) is 4.81. The van der Waals surface area contributed by atoms with E-state index in [2.05, 4.69) is 46.6 Å². The number of thiocarbonyl (C=S) groups is 1. The summed E-state index contributed by atoms with van der Waals surface area (Å²) in [5.41, 5.74) is 5.11. The zero-order valence-corrected chi connectivity index (χ0v) is 17.1. The number of nitrogens with one attached hydrogen (secondary N) is 1. The second-order valence-corrected chi connectivity index (χ2v) is 7.45. The highest BCUT2D eigenvalue weighted by molar-refractivity contribution is 7.80. The third kappa shape index (κ3) is 2.94. The van der Waals surface area contributed by atoms with Gasteiger partial charge in [-0.1, -0.05) is 18.2 Å². The quantitative estimate of drug-likeness (QED) is 0.652. The fourth-order valence-electron chi connectivity index (χ4n) is 4.20. The molecule has 0 unspecified atom stereocenters. The van der Waals surface area contributed by atoms with Crippen LogP contribution in [0.25, 0.3) is 5.69 Å². The van der Waals surface area contributed by atoms with Gasteiger partial charge in [-0.25, -0.2) is 0 Å². The van der Waals surface area contributed by atoms with E-state index in [1.165, 1.54) is 5.56 Å². The lowest BCUT2D eigenvalue weighted by atomic mass is 9.97. The Labute approximate surface area is 170 Å². The lowest BCUT2D eigenvalue weighted by molar-refractivity contribution is 0.329. The number of phenolic OH excluding ortho intramolecular Hbond substituents is 1. The first-order chi connectivity index (χ1) is 13.5. The molecule has 3 heterocycles. The maximum Gasteiger partial charge on any atom is 0.170 e. The number of benzene rings is 1. The molecule has 5 nitrogen and oxygen atoms in total. The molecule has 2 aromatic heterocycles. The zero-order chi connectivity index (χ0) is 19.8. The van der Waals surface area contributed by atoms with Crippen molar-refractivity contribution in [3.05, 3.63) is 77.4 Å². The van der Waals surface area contributed by atoms with E-state index in [1.807, 2.05) is 42.6 Å². The van der Waals surface area contributed by atoms with Gasteiger partial charge in [0.15, 0.2) is 5.11 Å². The number of aromatic nitrogens is 2. The van der Waals surface area contributed by atoms with Gasteiger partial charge in [0.05, 0.1) is 23.5 Å². The topological polar surface area (TPSA) is 53.3 Å². The molecule has 6 heteroatoms. The van der Waals surface area contributed by atoms with E-state index in [-0.39, 0.29) is 17.8 Å². The minimum Gasteiger partial charge on any atom is -0.506 e. The number of pyridine rings is 1. The summed E-state index contributed by atoms with van der Waals surface area (Å²) in [5, 5.41) is 14.6. The van der Waals surface area contributed by atoms with E-state index in [0.717, 1.165) is 34.4 Å². The number of aromatic hydroxyl groups is 1. The SMILES string of the molecule is CCN1C(=S)N[C@@H](c2ccccn2)[C@@H]1c1cc(C)n(-c2ccccc2O)c1C. The second kappa shape index (κ2) is 7.28. The van der Waals surface area contributed by atoms with Gasteiger partial charge in [0.25, 0.3) is 0 Å². The van der Waals surface area contributed by atoms with Crippen LogP contribution < -0.4 is 5.32 Å². The van der Waals surface area contributed by atoms with Gasteiger partial charge in [-0.15, -0.1) is 0 Å². The molecule has 0 spiro atoms. The Bertz CT molecular complexity index is 1010. The average Bonchev–Trinajstić information content (AvgIpc) is 3.18. The number of phenols is 1. The molecule has 4 rings (SSSR count). The van der Waals surface area contributed by atoms with Gasteiger partial charge in [-0.05, 0) is 68.9 Å². The van der Waals surface area contributed by atoms with Crippen molar-refractivity contribution < 1.29 is 5.11 Å². The lowest BCUT2D eigenvalue weighted by Crippen LogP contribution is -2.29. The van der Waals surface area contributed by atoms with Gasteiger partial charge in [0.2, 0.25) is 0 Å². The highest BCUT2D eigenvalue weighted by Crippen LogP contribution is 2.41. The van der Waals surface area contributed by atoms with Crippen molar-refractivity contribution in [1.82, 2.24) is 19.8 Å². The van der Waals surface area contributed by atoms with Crippen LogP contribution in [0.1, 0.15) is 41.7 Å². The van der Waals surface area contributed by atoms with Crippen LogP contribution in [0.5, 0.6) is 5.75 Å². The van der Waals surface area contributed by atoms with Gasteiger partial charge in [0.1, 0.15) is 5.75 Å². The summed E-state index contributed by atoms with van der Waals surface area (Å²) in [5.74, 6) is 0.268. The number of nitrogens with zero attached hydrogens (tertiary/aromatic N) is 3. The van der Waals surface area contributed by atoms with Gasteiger partial charge in [-0.3, -0.25) is 4.98 Å². The number of aryl methyl sites for hydroxylation is 1. The zero-order valence-electron chi connectivity index (χ0n) is 16.3. The van der Waals surface area contributed by atoms with E-state index < -0.39 is 0 Å². The first-order valence-corrected chi connectivity index (χ1v) is 9.89. The van der Waals surface area contributed by atoms with Crippen LogP contribution in [-0.2, 0) is 0 Å². The fourth-order valence-corrected chi connectivity index (χ4v) is 4.57. The summed E-state index contributed by atoms with van der Waals surface area (Å²) in [4.78, 5) is 6.79. The molecule has 0 bridgehead atoms. The molecular formula is C22H24N4OS. The molecule has 1 fully saturated rings. The third-order valence-corrected chi connectivity index (χ3v) is 5.80. The molecule has 144 valence electrons. The Balaban J connectivity index is 1.85. The smallest absolute Gasteiger partial charge is 0.170 e. The molecule has 1 saturated heterocycles. The molecular weight excluding hydrogens is 368 g/mol. The Morgan fingerprint density at radius 1 is 1.14 bits per heavy atom. The fraction of sp³-hybridized carbons (Fsp3) is 0.273. The van der Waals surface area contributed by atoms with Crippen molar-refractivity contribution in [3.8, 4) is 11.4 Å². The molecule has 28 heavy (non-hydrogen) atoms. The van der Waals surface area contributed by atoms with Gasteiger partial charge in [-0.2, -0.15) is 0 Å². The Morgan fingerprint density at radius 2 is 1.89 bits per heavy atom. The normalized spacial score (nSPS) is 19.1. The predicted octanol–water partition coefficient (Wildman–Crippen LogP) is 4.19. The molecule has 1 aliphatic heterocycles. The highest BCUT2D eigenvalue weighted by atomic mass is 32.1. The monoisotopic (exact) mass is 392 g/mol. The van der Waals surface area contributed by atoms with Crippen molar-refractivity contribution >= 4 is 17.3 Å². The molecule has 0 aliphatic carbocycles. The summed E-state index contributed by atoms with van der Waals surface area (Å²) in [7, 11) is 0. The van der Waals surface area contributed by atoms with Crippen LogP contribution in [0.2, 0.25) is 0 Å². The van der Waals surface area contributed by atoms with Crippen LogP contribution >= 0.6 is 12.2 Å². The molecule has 0 radical (unpaired) electrons. The second-order valence-electron chi connectivity index (χ2n) is 7.06. The number of likely N-dealkylation sites (N-methyl/N-ethyl adjacent to an activating group) is 1. The number of hydrogen-bond acceptors (Lipinski definition) is 3. The van der Waals surface area contributed by atoms with Crippen molar-refractivity contribution in [2.24, 2.45) is 0 Å². The highest BCUT2D eigenvalue weighted by Gasteiger charge is 2.40. The molecule has 1 aromatic carbocycles. The maximum atomic E-state index is 10.4. The van der Waals surface area contributed by atoms with Crippen molar-refractivity contribution in [1.29, 1.82) is 0 Å². The minimum absolute atomic E-state index is 0.0213. The third-order valence-electron chi connectivity index (χ3n) is 5.45. The molecule has 0 saturated carbocycles. The molecule has 1 aliphatic rings. The summed E-state index contributed by atoms with van der Waals surface area (Å²) < 4.78 is 2.11. The van der Waals surface area contributed by atoms with Crippen LogP contribution in [0.3, 0.4) is 0 Å². The Hall–Kier alpha value is -2.86. The number of rotatable bonds is 4. The summed E-state index contributed by atoms with van der Waals surface area (Å²) in [6.45, 7) is 7.08. The molecule has 3 aromatic rings. The van der Waals surface area contributed by atoms with Crippen LogP contribution in [0.4, 0.5) is 0 Å². The minimum atomic E-state index is -0.0213.